The average Bonchev–Trinajstić information content (AvgIpc) is 2.39. The Morgan fingerprint density at radius 3 is 2.60 bits per heavy atom. The highest BCUT2D eigenvalue weighted by atomic mass is 28.4. The maximum atomic E-state index is 6.27. The first-order valence-corrected chi connectivity index (χ1v) is 8.69. The molecule has 0 bridgehead atoms. The van der Waals surface area contributed by atoms with Gasteiger partial charge in [-0.15, -0.1) is 0 Å². The predicted octanol–water partition coefficient (Wildman–Crippen LogP) is 3.22. The maximum absolute atomic E-state index is 6.27. The highest BCUT2D eigenvalue weighted by Crippen LogP contribution is 2.34. The molecule has 0 amide bonds. The average molecular weight is 220 g/mol. The molecule has 0 saturated heterocycles. The van der Waals surface area contributed by atoms with Gasteiger partial charge < -0.3 is 4.43 Å². The van der Waals surface area contributed by atoms with Crippen molar-refractivity contribution in [3.8, 4) is 0 Å². The third kappa shape index (κ3) is 2.01. The van der Waals surface area contributed by atoms with E-state index in [9.17, 15) is 0 Å². The van der Waals surface area contributed by atoms with Crippen LogP contribution in [-0.2, 0) is 4.43 Å². The van der Waals surface area contributed by atoms with Crippen LogP contribution in [0.4, 0.5) is 0 Å². The van der Waals surface area contributed by atoms with E-state index in [1.807, 2.05) is 0 Å². The molecule has 0 N–H and O–H groups in total. The van der Waals surface area contributed by atoms with E-state index >= 15 is 0 Å². The van der Waals surface area contributed by atoms with E-state index < -0.39 is 8.32 Å². The summed E-state index contributed by atoms with van der Waals surface area (Å²) in [6, 6.07) is 8.76. The molecule has 1 heterocycles. The maximum Gasteiger partial charge on any atom is 0.219 e. The number of hydrogen-bond acceptors (Lipinski definition) is 1. The van der Waals surface area contributed by atoms with Gasteiger partial charge in [-0.1, -0.05) is 38.1 Å². The van der Waals surface area contributed by atoms with Crippen LogP contribution in [0.15, 0.2) is 24.3 Å². The van der Waals surface area contributed by atoms with Gasteiger partial charge in [0, 0.05) is 0 Å². The third-order valence-electron chi connectivity index (χ3n) is 3.08. The molecule has 2 rings (SSSR count). The van der Waals surface area contributed by atoms with E-state index in [1.54, 1.807) is 0 Å². The van der Waals surface area contributed by atoms with Gasteiger partial charge in [-0.2, -0.15) is 0 Å². The van der Waals surface area contributed by atoms with Gasteiger partial charge in [-0.3, -0.25) is 0 Å². The van der Waals surface area contributed by atoms with Crippen LogP contribution in [-0.4, -0.2) is 8.32 Å². The molecule has 0 spiro atoms. The highest BCUT2D eigenvalue weighted by Gasteiger charge is 2.39. The van der Waals surface area contributed by atoms with Crippen molar-refractivity contribution in [1.29, 1.82) is 0 Å². The van der Waals surface area contributed by atoms with Gasteiger partial charge in [-0.05, 0) is 36.2 Å². The van der Waals surface area contributed by atoms with Crippen molar-refractivity contribution in [3.63, 3.8) is 0 Å². The largest absolute Gasteiger partial charge is 0.406 e. The lowest BCUT2D eigenvalue weighted by Crippen LogP contribution is -2.39. The van der Waals surface area contributed by atoms with Crippen molar-refractivity contribution >= 4 is 13.5 Å². The first-order valence-electron chi connectivity index (χ1n) is 5.78. The van der Waals surface area contributed by atoms with E-state index in [2.05, 4.69) is 51.2 Å². The first kappa shape index (κ1) is 10.9. The van der Waals surface area contributed by atoms with Crippen LogP contribution >= 0.6 is 0 Å². The number of rotatable bonds is 2. The molecule has 1 nitrogen and oxygen atoms in total. The van der Waals surface area contributed by atoms with Gasteiger partial charge in [0.1, 0.15) is 0 Å². The van der Waals surface area contributed by atoms with E-state index in [-0.39, 0.29) is 0 Å². The van der Waals surface area contributed by atoms with Gasteiger partial charge in [0.05, 0.1) is 6.10 Å². The molecule has 1 unspecified atom stereocenters. The van der Waals surface area contributed by atoms with Crippen LogP contribution in [0.3, 0.4) is 0 Å². The Morgan fingerprint density at radius 2 is 1.93 bits per heavy atom. The zero-order valence-electron chi connectivity index (χ0n) is 10.1. The van der Waals surface area contributed by atoms with Crippen molar-refractivity contribution in [3.05, 3.63) is 29.8 Å². The Bertz CT molecular complexity index is 357. The normalized spacial score (nSPS) is 23.1. The van der Waals surface area contributed by atoms with Crippen molar-refractivity contribution in [2.75, 3.05) is 0 Å². The number of benzene rings is 1. The minimum absolute atomic E-state index is 0.350. The summed E-state index contributed by atoms with van der Waals surface area (Å²) in [6.45, 7) is 9.12. The van der Waals surface area contributed by atoms with E-state index in [0.717, 1.165) is 6.42 Å². The quantitative estimate of drug-likeness (QED) is 0.695. The number of hydrogen-bond donors (Lipinski definition) is 0. The predicted molar refractivity (Wildman–Crippen MR) is 66.8 cm³/mol. The second-order valence-corrected chi connectivity index (χ2v) is 9.13. The Morgan fingerprint density at radius 1 is 1.27 bits per heavy atom. The lowest BCUT2D eigenvalue weighted by atomic mass is 10.00. The smallest absolute Gasteiger partial charge is 0.219 e. The van der Waals surface area contributed by atoms with Crippen molar-refractivity contribution < 1.29 is 4.43 Å². The highest BCUT2D eigenvalue weighted by molar-refractivity contribution is 6.85. The van der Waals surface area contributed by atoms with Gasteiger partial charge in [0.2, 0.25) is 8.32 Å². The van der Waals surface area contributed by atoms with E-state index in [0.29, 0.717) is 12.0 Å². The molecule has 1 aromatic rings. The summed E-state index contributed by atoms with van der Waals surface area (Å²) in [7, 11) is -1.59. The van der Waals surface area contributed by atoms with Crippen LogP contribution < -0.4 is 5.19 Å². The van der Waals surface area contributed by atoms with Crippen LogP contribution in [0.25, 0.3) is 0 Å². The standard InChI is InChI=1S/C13H20OSi/c1-10(2)9-12-11-7-5-6-8-13(11)15(3,4)14-12/h5-8,10,12H,9H2,1-4H3. The van der Waals surface area contributed by atoms with Gasteiger partial charge in [0.25, 0.3) is 0 Å². The Labute approximate surface area is 93.6 Å². The molecular formula is C13H20OSi. The second kappa shape index (κ2) is 3.76. The second-order valence-electron chi connectivity index (χ2n) is 5.33. The lowest BCUT2D eigenvalue weighted by Gasteiger charge is -2.19. The van der Waals surface area contributed by atoms with Crippen molar-refractivity contribution in [1.82, 2.24) is 0 Å². The first-order chi connectivity index (χ1) is 7.00. The Kier molecular flexibility index (Phi) is 2.73. The molecule has 82 valence electrons. The van der Waals surface area contributed by atoms with Gasteiger partial charge in [-0.25, -0.2) is 0 Å². The lowest BCUT2D eigenvalue weighted by molar-refractivity contribution is 0.186. The fourth-order valence-corrected chi connectivity index (χ4v) is 4.91. The zero-order chi connectivity index (χ0) is 11.1. The minimum atomic E-state index is -1.59. The van der Waals surface area contributed by atoms with Crippen molar-refractivity contribution in [2.24, 2.45) is 5.92 Å². The molecular weight excluding hydrogens is 200 g/mol. The molecule has 0 aromatic heterocycles. The monoisotopic (exact) mass is 220 g/mol. The van der Waals surface area contributed by atoms with E-state index in [4.69, 9.17) is 4.43 Å². The Balaban J connectivity index is 2.34. The van der Waals surface area contributed by atoms with Crippen LogP contribution in [0.1, 0.15) is 31.9 Å². The fraction of sp³-hybridized carbons (Fsp3) is 0.538. The summed E-state index contributed by atoms with van der Waals surface area (Å²) in [6.07, 6.45) is 1.50. The number of fused-ring (bicyclic) bond motifs is 1. The summed E-state index contributed by atoms with van der Waals surface area (Å²) >= 11 is 0. The molecule has 0 radical (unpaired) electrons. The summed E-state index contributed by atoms with van der Waals surface area (Å²) < 4.78 is 6.27. The molecule has 1 aliphatic rings. The van der Waals surface area contributed by atoms with Gasteiger partial charge >= 0.3 is 0 Å². The SMILES string of the molecule is CC(C)CC1O[Si](C)(C)c2ccccc21. The topological polar surface area (TPSA) is 9.23 Å². The summed E-state index contributed by atoms with van der Waals surface area (Å²) in [5.74, 6) is 0.700. The minimum Gasteiger partial charge on any atom is -0.406 e. The molecule has 2 heteroatoms. The summed E-state index contributed by atoms with van der Waals surface area (Å²) in [5, 5.41) is 1.50. The van der Waals surface area contributed by atoms with Crippen LogP contribution in [0, 0.1) is 5.92 Å². The zero-order valence-corrected chi connectivity index (χ0v) is 11.1. The van der Waals surface area contributed by atoms with Gasteiger partial charge in [0.15, 0.2) is 0 Å². The van der Waals surface area contributed by atoms with Crippen LogP contribution in [0.5, 0.6) is 0 Å². The summed E-state index contributed by atoms with van der Waals surface area (Å²) in [4.78, 5) is 0. The molecule has 1 aliphatic heterocycles. The van der Waals surface area contributed by atoms with Crippen LogP contribution in [0.2, 0.25) is 13.1 Å². The van der Waals surface area contributed by atoms with E-state index in [1.165, 1.54) is 10.8 Å². The molecule has 0 fully saturated rings. The van der Waals surface area contributed by atoms with Crippen molar-refractivity contribution in [2.45, 2.75) is 39.5 Å². The third-order valence-corrected chi connectivity index (χ3v) is 5.71. The molecule has 15 heavy (non-hydrogen) atoms. The summed E-state index contributed by atoms with van der Waals surface area (Å²) in [5.41, 5.74) is 1.45. The molecule has 1 aromatic carbocycles. The molecule has 1 atom stereocenters. The Hall–Kier alpha value is -0.603. The molecule has 0 saturated carbocycles. The fourth-order valence-electron chi connectivity index (χ4n) is 2.41. The molecule has 0 aliphatic carbocycles.